The molecule has 38 heavy (non-hydrogen) atoms. The number of anilines is 1. The third-order valence-corrected chi connectivity index (χ3v) is 8.31. The first kappa shape index (κ1) is 25.8. The van der Waals surface area contributed by atoms with Crippen molar-refractivity contribution < 1.29 is 29.4 Å². The second-order valence-corrected chi connectivity index (χ2v) is 10.7. The van der Waals surface area contributed by atoms with Gasteiger partial charge in [0.15, 0.2) is 5.41 Å². The first-order valence-electron chi connectivity index (χ1n) is 13.3. The average molecular weight is 520 g/mol. The number of aryl methyl sites for hydroxylation is 2. The number of nitrogens with one attached hydrogen (secondary N) is 1. The number of rotatable bonds is 7. The molecule has 0 aromatic heterocycles. The zero-order valence-electron chi connectivity index (χ0n) is 21.3. The SMILES string of the molecule is O=C(CC(Cc1ccc2c(c1)CCCC2)(C(=O)O)C(=O)O)N1CCC(N2Cc3ccccc3NC2=O)CC1. The van der Waals surface area contributed by atoms with Gasteiger partial charge in [-0.2, -0.15) is 0 Å². The smallest absolute Gasteiger partial charge is 0.322 e. The molecule has 0 unspecified atom stereocenters. The van der Waals surface area contributed by atoms with Crippen molar-refractivity contribution in [2.75, 3.05) is 18.4 Å². The Morgan fingerprint density at radius 3 is 2.32 bits per heavy atom. The zero-order valence-corrected chi connectivity index (χ0v) is 21.3. The molecule has 3 N–H and O–H groups in total. The molecule has 2 aliphatic heterocycles. The molecule has 0 saturated carbocycles. The van der Waals surface area contributed by atoms with Crippen LogP contribution in [0.2, 0.25) is 0 Å². The van der Waals surface area contributed by atoms with E-state index in [9.17, 15) is 29.4 Å². The molecule has 5 rings (SSSR count). The summed E-state index contributed by atoms with van der Waals surface area (Å²) in [6.45, 7) is 1.16. The van der Waals surface area contributed by atoms with Crippen LogP contribution in [0.15, 0.2) is 42.5 Å². The van der Waals surface area contributed by atoms with E-state index in [1.54, 1.807) is 15.9 Å². The molecule has 0 radical (unpaired) electrons. The van der Waals surface area contributed by atoms with Crippen molar-refractivity contribution in [1.29, 1.82) is 0 Å². The summed E-state index contributed by atoms with van der Waals surface area (Å²) in [5.74, 6) is -3.50. The third kappa shape index (κ3) is 4.97. The van der Waals surface area contributed by atoms with Crippen molar-refractivity contribution in [2.45, 2.75) is 64.0 Å². The van der Waals surface area contributed by atoms with E-state index in [0.717, 1.165) is 42.5 Å². The van der Waals surface area contributed by atoms with Gasteiger partial charge >= 0.3 is 18.0 Å². The summed E-state index contributed by atoms with van der Waals surface area (Å²) in [6.07, 6.45) is 4.25. The number of carboxylic acid groups (broad SMARTS) is 2. The van der Waals surface area contributed by atoms with Gasteiger partial charge in [-0.05, 0) is 73.3 Å². The van der Waals surface area contributed by atoms with Crippen LogP contribution in [0.4, 0.5) is 10.5 Å². The molecule has 3 amide bonds. The van der Waals surface area contributed by atoms with Gasteiger partial charge in [0.1, 0.15) is 0 Å². The van der Waals surface area contributed by atoms with Crippen molar-refractivity contribution in [3.8, 4) is 0 Å². The molecule has 200 valence electrons. The van der Waals surface area contributed by atoms with Crippen LogP contribution in [-0.2, 0) is 40.2 Å². The minimum atomic E-state index is -2.24. The lowest BCUT2D eigenvalue weighted by Gasteiger charge is -2.41. The molecule has 2 aromatic carbocycles. The normalized spacial score (nSPS) is 17.8. The highest BCUT2D eigenvalue weighted by atomic mass is 16.4. The van der Waals surface area contributed by atoms with Gasteiger partial charge in [-0.3, -0.25) is 14.4 Å². The van der Waals surface area contributed by atoms with Crippen LogP contribution in [0.3, 0.4) is 0 Å². The lowest BCUT2D eigenvalue weighted by Crippen LogP contribution is -2.52. The fraction of sp³-hybridized carbons (Fsp3) is 0.448. The molecular weight excluding hydrogens is 486 g/mol. The predicted octanol–water partition coefficient (Wildman–Crippen LogP) is 3.69. The number of urea groups is 1. The monoisotopic (exact) mass is 519 g/mol. The summed E-state index contributed by atoms with van der Waals surface area (Å²) >= 11 is 0. The number of hydrogen-bond donors (Lipinski definition) is 3. The van der Waals surface area contributed by atoms with E-state index < -0.39 is 29.7 Å². The van der Waals surface area contributed by atoms with Gasteiger partial charge < -0.3 is 25.3 Å². The van der Waals surface area contributed by atoms with E-state index in [1.165, 1.54) is 5.56 Å². The Balaban J connectivity index is 1.26. The Morgan fingerprint density at radius 2 is 1.61 bits per heavy atom. The fourth-order valence-corrected chi connectivity index (χ4v) is 6.02. The van der Waals surface area contributed by atoms with Crippen LogP contribution in [0.5, 0.6) is 0 Å². The highest BCUT2D eigenvalue weighted by Crippen LogP contribution is 2.33. The molecule has 9 nitrogen and oxygen atoms in total. The third-order valence-electron chi connectivity index (χ3n) is 8.31. The minimum absolute atomic E-state index is 0.0633. The number of aliphatic carboxylic acids is 2. The molecule has 0 bridgehead atoms. The van der Waals surface area contributed by atoms with E-state index in [-0.39, 0.29) is 18.5 Å². The molecular formula is C29H33N3O6. The topological polar surface area (TPSA) is 127 Å². The quantitative estimate of drug-likeness (QED) is 0.479. The van der Waals surface area contributed by atoms with Gasteiger partial charge in [0.2, 0.25) is 5.91 Å². The molecule has 1 saturated heterocycles. The van der Waals surface area contributed by atoms with Gasteiger partial charge in [-0.1, -0.05) is 36.4 Å². The van der Waals surface area contributed by atoms with Gasteiger partial charge in [0, 0.05) is 31.4 Å². The van der Waals surface area contributed by atoms with Crippen molar-refractivity contribution in [1.82, 2.24) is 9.80 Å². The van der Waals surface area contributed by atoms with Crippen molar-refractivity contribution in [2.24, 2.45) is 5.41 Å². The highest BCUT2D eigenvalue weighted by molar-refractivity contribution is 6.02. The molecule has 3 aliphatic rings. The molecule has 9 heteroatoms. The molecule has 1 fully saturated rings. The van der Waals surface area contributed by atoms with E-state index >= 15 is 0 Å². The minimum Gasteiger partial charge on any atom is -0.480 e. The Morgan fingerprint density at radius 1 is 0.921 bits per heavy atom. The van der Waals surface area contributed by atoms with Crippen LogP contribution in [-0.4, -0.2) is 63.0 Å². The number of likely N-dealkylation sites (tertiary alicyclic amines) is 1. The number of fused-ring (bicyclic) bond motifs is 2. The van der Waals surface area contributed by atoms with Crippen LogP contribution < -0.4 is 5.32 Å². The number of hydrogen-bond acceptors (Lipinski definition) is 4. The van der Waals surface area contributed by atoms with Gasteiger partial charge in [0.05, 0.1) is 6.42 Å². The number of carbonyl (C=O) groups excluding carboxylic acids is 2. The Bertz CT molecular complexity index is 1250. The number of carboxylic acids is 2. The first-order chi connectivity index (χ1) is 18.3. The maximum absolute atomic E-state index is 13.3. The second-order valence-electron chi connectivity index (χ2n) is 10.7. The number of piperidine rings is 1. The summed E-state index contributed by atoms with van der Waals surface area (Å²) in [4.78, 5) is 54.0. The summed E-state index contributed by atoms with van der Waals surface area (Å²) < 4.78 is 0. The van der Waals surface area contributed by atoms with Crippen LogP contribution in [0.25, 0.3) is 0 Å². The highest BCUT2D eigenvalue weighted by Gasteiger charge is 2.49. The fourth-order valence-electron chi connectivity index (χ4n) is 6.02. The number of nitrogens with zero attached hydrogens (tertiary/aromatic N) is 2. The van der Waals surface area contributed by atoms with Gasteiger partial charge in [-0.15, -0.1) is 0 Å². The number of para-hydroxylation sites is 1. The Labute approximate surface area is 221 Å². The van der Waals surface area contributed by atoms with E-state index in [2.05, 4.69) is 5.32 Å². The average Bonchev–Trinajstić information content (AvgIpc) is 2.92. The van der Waals surface area contributed by atoms with Crippen molar-refractivity contribution in [3.05, 3.63) is 64.7 Å². The zero-order chi connectivity index (χ0) is 26.9. The largest absolute Gasteiger partial charge is 0.480 e. The number of benzene rings is 2. The van der Waals surface area contributed by atoms with Crippen LogP contribution in [0.1, 0.15) is 54.4 Å². The summed E-state index contributed by atoms with van der Waals surface area (Å²) in [5.41, 5.74) is 2.57. The van der Waals surface area contributed by atoms with Crippen molar-refractivity contribution in [3.63, 3.8) is 0 Å². The summed E-state index contributed by atoms with van der Waals surface area (Å²) in [5, 5.41) is 23.0. The lowest BCUT2D eigenvalue weighted by atomic mass is 9.77. The number of amides is 3. The molecule has 2 heterocycles. The maximum atomic E-state index is 13.3. The second kappa shape index (κ2) is 10.5. The van der Waals surface area contributed by atoms with E-state index in [1.807, 2.05) is 36.4 Å². The van der Waals surface area contributed by atoms with E-state index in [4.69, 9.17) is 0 Å². The Hall–Kier alpha value is -3.88. The molecule has 2 aromatic rings. The van der Waals surface area contributed by atoms with Gasteiger partial charge in [-0.25, -0.2) is 4.79 Å². The summed E-state index contributed by atoms with van der Waals surface area (Å²) in [7, 11) is 0. The molecule has 0 spiro atoms. The molecule has 1 aliphatic carbocycles. The van der Waals surface area contributed by atoms with E-state index in [0.29, 0.717) is 38.0 Å². The van der Waals surface area contributed by atoms with Crippen LogP contribution in [0, 0.1) is 5.41 Å². The van der Waals surface area contributed by atoms with Crippen LogP contribution >= 0.6 is 0 Å². The Kier molecular flexibility index (Phi) is 7.10. The number of carbonyl (C=O) groups is 4. The van der Waals surface area contributed by atoms with Crippen molar-refractivity contribution >= 4 is 29.6 Å². The van der Waals surface area contributed by atoms with Gasteiger partial charge in [0.25, 0.3) is 0 Å². The lowest BCUT2D eigenvalue weighted by molar-refractivity contribution is -0.168. The first-order valence-corrected chi connectivity index (χ1v) is 13.3. The summed E-state index contributed by atoms with van der Waals surface area (Å²) in [6, 6.07) is 13.1. The standard InChI is InChI=1S/C29H33N3O6/c33-25(31-13-11-23(12-14-31)32-18-22-7-3-4-8-24(22)30-28(32)38)17-29(26(34)35,27(36)37)16-19-9-10-20-5-1-2-6-21(20)15-19/h3-4,7-10,15,23H,1-2,5-6,11-14,16-18H2,(H,30,38)(H,34,35)(H,36,37). The predicted molar refractivity (Wildman–Crippen MR) is 140 cm³/mol. The maximum Gasteiger partial charge on any atom is 0.322 e. The molecule has 0 atom stereocenters.